The molecule has 1 saturated heterocycles. The molecule has 0 spiro atoms. The number of amides is 1. The molecular weight excluding hydrogens is 358 g/mol. The number of hydrogen-bond donors (Lipinski definition) is 0. The molecule has 4 rings (SSSR count). The zero-order valence-electron chi connectivity index (χ0n) is 14.9. The van der Waals surface area contributed by atoms with Crippen LogP contribution in [0.3, 0.4) is 0 Å². The molecule has 0 N–H and O–H groups in total. The van der Waals surface area contributed by atoms with Gasteiger partial charge in [-0.3, -0.25) is 9.69 Å². The Bertz CT molecular complexity index is 928. The van der Waals surface area contributed by atoms with Crippen molar-refractivity contribution in [2.45, 2.75) is 5.37 Å². The van der Waals surface area contributed by atoms with Crippen molar-refractivity contribution in [3.63, 3.8) is 0 Å². The van der Waals surface area contributed by atoms with E-state index in [-0.39, 0.29) is 11.3 Å². The van der Waals surface area contributed by atoms with E-state index in [0.717, 1.165) is 28.5 Å². The number of benzene rings is 3. The Morgan fingerprint density at radius 3 is 2.33 bits per heavy atom. The van der Waals surface area contributed by atoms with Crippen LogP contribution in [0.25, 0.3) is 0 Å². The molecule has 4 nitrogen and oxygen atoms in total. The molecule has 0 aromatic heterocycles. The number of thioether (sulfide) groups is 1. The van der Waals surface area contributed by atoms with E-state index in [9.17, 15) is 4.79 Å². The highest BCUT2D eigenvalue weighted by Gasteiger charge is 2.34. The molecule has 1 amide bonds. The van der Waals surface area contributed by atoms with Crippen molar-refractivity contribution in [1.82, 2.24) is 0 Å². The predicted molar refractivity (Wildman–Crippen MR) is 109 cm³/mol. The molecule has 0 aliphatic carbocycles. The number of carbonyl (C=O) groups excluding carboxylic acids is 1. The minimum atomic E-state index is -0.0616. The zero-order valence-corrected chi connectivity index (χ0v) is 15.7. The number of rotatable bonds is 5. The second-order valence-corrected chi connectivity index (χ2v) is 7.18. The summed E-state index contributed by atoms with van der Waals surface area (Å²) in [6, 6.07) is 25.1. The Morgan fingerprint density at radius 2 is 1.59 bits per heavy atom. The molecule has 3 aromatic carbocycles. The molecule has 0 bridgehead atoms. The lowest BCUT2D eigenvalue weighted by molar-refractivity contribution is -0.115. The fourth-order valence-electron chi connectivity index (χ4n) is 3.04. The first kappa shape index (κ1) is 17.5. The van der Waals surface area contributed by atoms with Crippen LogP contribution in [0.5, 0.6) is 17.2 Å². The number of methoxy groups -OCH3 is 1. The third kappa shape index (κ3) is 3.78. The maximum Gasteiger partial charge on any atom is 0.238 e. The Hall–Kier alpha value is -2.92. The van der Waals surface area contributed by atoms with Crippen LogP contribution in [-0.2, 0) is 4.79 Å². The van der Waals surface area contributed by atoms with Gasteiger partial charge in [-0.2, -0.15) is 0 Å². The minimum absolute atomic E-state index is 0.0616. The van der Waals surface area contributed by atoms with E-state index in [1.165, 1.54) is 0 Å². The molecule has 27 heavy (non-hydrogen) atoms. The largest absolute Gasteiger partial charge is 0.497 e. The van der Waals surface area contributed by atoms with Gasteiger partial charge < -0.3 is 9.47 Å². The Morgan fingerprint density at radius 1 is 0.889 bits per heavy atom. The third-order valence-electron chi connectivity index (χ3n) is 4.34. The molecule has 1 aliphatic heterocycles. The molecule has 136 valence electrons. The van der Waals surface area contributed by atoms with Gasteiger partial charge in [-0.1, -0.05) is 30.3 Å². The Labute approximate surface area is 162 Å². The van der Waals surface area contributed by atoms with Crippen LogP contribution in [0.4, 0.5) is 5.69 Å². The molecule has 3 aromatic rings. The van der Waals surface area contributed by atoms with E-state index in [1.54, 1.807) is 18.9 Å². The standard InChI is InChI=1S/C22H19NO3S/c1-25-20-9-5-6-16(14-20)22-23(21(24)15-27-22)17-10-12-19(13-11-17)26-18-7-3-2-4-8-18/h2-14,22H,15H2,1H3. The molecule has 5 heteroatoms. The summed E-state index contributed by atoms with van der Waals surface area (Å²) in [6.45, 7) is 0. The summed E-state index contributed by atoms with van der Waals surface area (Å²) in [4.78, 5) is 14.4. The van der Waals surface area contributed by atoms with Gasteiger partial charge in [0, 0.05) is 5.69 Å². The van der Waals surface area contributed by atoms with Gasteiger partial charge >= 0.3 is 0 Å². The topological polar surface area (TPSA) is 38.8 Å². The van der Waals surface area contributed by atoms with Gasteiger partial charge in [0.15, 0.2) is 0 Å². The normalized spacial score (nSPS) is 16.4. The third-order valence-corrected chi connectivity index (χ3v) is 5.55. The summed E-state index contributed by atoms with van der Waals surface area (Å²) in [6.07, 6.45) is 0. The molecule has 1 fully saturated rings. The van der Waals surface area contributed by atoms with Crippen molar-refractivity contribution in [3.8, 4) is 17.2 Å². The van der Waals surface area contributed by atoms with Crippen molar-refractivity contribution >= 4 is 23.4 Å². The lowest BCUT2D eigenvalue weighted by atomic mass is 10.1. The van der Waals surface area contributed by atoms with Crippen LogP contribution in [0.2, 0.25) is 0 Å². The number of nitrogens with zero attached hydrogens (tertiary/aromatic N) is 1. The number of anilines is 1. The van der Waals surface area contributed by atoms with Crippen molar-refractivity contribution in [1.29, 1.82) is 0 Å². The van der Waals surface area contributed by atoms with E-state index >= 15 is 0 Å². The Kier molecular flexibility index (Phi) is 5.03. The van der Waals surface area contributed by atoms with Gasteiger partial charge in [-0.15, -0.1) is 11.8 Å². The van der Waals surface area contributed by atoms with Gasteiger partial charge in [0.05, 0.1) is 12.9 Å². The minimum Gasteiger partial charge on any atom is -0.497 e. The van der Waals surface area contributed by atoms with Gasteiger partial charge in [-0.05, 0) is 54.1 Å². The monoisotopic (exact) mass is 377 g/mol. The van der Waals surface area contributed by atoms with Crippen LogP contribution in [0.15, 0.2) is 78.9 Å². The molecule has 0 radical (unpaired) electrons. The van der Waals surface area contributed by atoms with Gasteiger partial charge in [-0.25, -0.2) is 0 Å². The summed E-state index contributed by atoms with van der Waals surface area (Å²) < 4.78 is 11.2. The first-order valence-corrected chi connectivity index (χ1v) is 9.70. The molecule has 1 heterocycles. The fourth-order valence-corrected chi connectivity index (χ4v) is 4.21. The van der Waals surface area contributed by atoms with Gasteiger partial charge in [0.2, 0.25) is 5.91 Å². The maximum absolute atomic E-state index is 12.5. The summed E-state index contributed by atoms with van der Waals surface area (Å²) in [5.74, 6) is 2.88. The van der Waals surface area contributed by atoms with Gasteiger partial charge in [0.25, 0.3) is 0 Å². The predicted octanol–water partition coefficient (Wildman–Crippen LogP) is 5.27. The Balaban J connectivity index is 1.57. The lowest BCUT2D eigenvalue weighted by Gasteiger charge is -2.24. The van der Waals surface area contributed by atoms with Crippen LogP contribution in [0, 0.1) is 0 Å². The highest BCUT2D eigenvalue weighted by atomic mass is 32.2. The lowest BCUT2D eigenvalue weighted by Crippen LogP contribution is -2.27. The van der Waals surface area contributed by atoms with E-state index in [1.807, 2.05) is 83.8 Å². The number of ether oxygens (including phenoxy) is 2. The molecule has 0 saturated carbocycles. The van der Waals surface area contributed by atoms with Crippen LogP contribution >= 0.6 is 11.8 Å². The number of hydrogen-bond acceptors (Lipinski definition) is 4. The van der Waals surface area contributed by atoms with Gasteiger partial charge in [0.1, 0.15) is 22.6 Å². The van der Waals surface area contributed by atoms with E-state index in [4.69, 9.17) is 9.47 Å². The summed E-state index contributed by atoms with van der Waals surface area (Å²) >= 11 is 1.62. The zero-order chi connectivity index (χ0) is 18.6. The first-order valence-electron chi connectivity index (χ1n) is 8.65. The first-order chi connectivity index (χ1) is 13.2. The second-order valence-electron chi connectivity index (χ2n) is 6.11. The van der Waals surface area contributed by atoms with Crippen molar-refractivity contribution in [3.05, 3.63) is 84.4 Å². The van der Waals surface area contributed by atoms with E-state index in [0.29, 0.717) is 5.75 Å². The maximum atomic E-state index is 12.5. The smallest absolute Gasteiger partial charge is 0.238 e. The van der Waals surface area contributed by atoms with Crippen molar-refractivity contribution in [2.24, 2.45) is 0 Å². The molecular formula is C22H19NO3S. The summed E-state index contributed by atoms with van der Waals surface area (Å²) in [7, 11) is 1.65. The fraction of sp³-hybridized carbons (Fsp3) is 0.136. The summed E-state index contributed by atoms with van der Waals surface area (Å²) in [5.41, 5.74) is 1.91. The van der Waals surface area contributed by atoms with Crippen molar-refractivity contribution < 1.29 is 14.3 Å². The molecule has 1 atom stereocenters. The average molecular weight is 377 g/mol. The van der Waals surface area contributed by atoms with Crippen molar-refractivity contribution in [2.75, 3.05) is 17.8 Å². The number of carbonyl (C=O) groups is 1. The molecule has 1 unspecified atom stereocenters. The molecule has 1 aliphatic rings. The SMILES string of the molecule is COc1cccc(C2SCC(=O)N2c2ccc(Oc3ccccc3)cc2)c1. The van der Waals surface area contributed by atoms with Crippen LogP contribution < -0.4 is 14.4 Å². The quantitative estimate of drug-likeness (QED) is 0.607. The average Bonchev–Trinajstić information content (AvgIpc) is 3.11. The van der Waals surface area contributed by atoms with E-state index in [2.05, 4.69) is 0 Å². The van der Waals surface area contributed by atoms with Crippen LogP contribution in [0.1, 0.15) is 10.9 Å². The highest BCUT2D eigenvalue weighted by Crippen LogP contribution is 2.42. The highest BCUT2D eigenvalue weighted by molar-refractivity contribution is 8.00. The second kappa shape index (κ2) is 7.76. The summed E-state index contributed by atoms with van der Waals surface area (Å²) in [5, 5.41) is -0.0616. The number of para-hydroxylation sites is 1. The van der Waals surface area contributed by atoms with Crippen LogP contribution in [-0.4, -0.2) is 18.8 Å². The van der Waals surface area contributed by atoms with E-state index < -0.39 is 0 Å².